The molecule has 1 aromatic heterocycles. The lowest BCUT2D eigenvalue weighted by Crippen LogP contribution is -2.01. The molecule has 19 heavy (non-hydrogen) atoms. The Labute approximate surface area is 111 Å². The predicted octanol–water partition coefficient (Wildman–Crippen LogP) is 2.88. The van der Waals surface area contributed by atoms with Crippen LogP contribution in [0, 0.1) is 6.92 Å². The number of aryl methyl sites for hydroxylation is 1. The molecule has 4 nitrogen and oxygen atoms in total. The summed E-state index contributed by atoms with van der Waals surface area (Å²) in [5.74, 6) is 0. The maximum Gasteiger partial charge on any atom is 0.113 e. The van der Waals surface area contributed by atoms with Gasteiger partial charge in [0.15, 0.2) is 0 Å². The van der Waals surface area contributed by atoms with Crippen molar-refractivity contribution >= 4 is 11.0 Å². The van der Waals surface area contributed by atoms with E-state index in [1.54, 1.807) is 11.9 Å². The number of nitrogens with zero attached hydrogens (tertiary/aromatic N) is 3. The first-order valence-corrected chi connectivity index (χ1v) is 6.18. The number of rotatable bonds is 3. The van der Waals surface area contributed by atoms with Crippen molar-refractivity contribution in [2.24, 2.45) is 0 Å². The first-order valence-electron chi connectivity index (χ1n) is 6.18. The van der Waals surface area contributed by atoms with Crippen molar-refractivity contribution in [3.63, 3.8) is 0 Å². The fourth-order valence-electron chi connectivity index (χ4n) is 2.18. The zero-order valence-electron chi connectivity index (χ0n) is 11.0. The Balaban J connectivity index is 2.09. The summed E-state index contributed by atoms with van der Waals surface area (Å²) in [6.45, 7) is 2.65. The molecule has 0 fully saturated rings. The average molecular weight is 253 g/mol. The molecule has 0 spiro atoms. The zero-order chi connectivity index (χ0) is 13.2. The highest BCUT2D eigenvalue weighted by Gasteiger charge is 2.05. The van der Waals surface area contributed by atoms with Gasteiger partial charge in [0.1, 0.15) is 11.0 Å². The van der Waals surface area contributed by atoms with Crippen LogP contribution in [0.25, 0.3) is 16.7 Å². The molecular weight excluding hydrogens is 238 g/mol. The zero-order valence-corrected chi connectivity index (χ0v) is 11.0. The van der Waals surface area contributed by atoms with Gasteiger partial charge >= 0.3 is 0 Å². The van der Waals surface area contributed by atoms with E-state index in [2.05, 4.69) is 35.3 Å². The van der Waals surface area contributed by atoms with Crippen LogP contribution in [-0.2, 0) is 11.3 Å². The van der Waals surface area contributed by atoms with Crippen molar-refractivity contribution in [2.75, 3.05) is 7.11 Å². The fraction of sp³-hybridized carbons (Fsp3) is 0.200. The maximum atomic E-state index is 5.18. The van der Waals surface area contributed by atoms with Gasteiger partial charge in [-0.1, -0.05) is 18.2 Å². The van der Waals surface area contributed by atoms with Crippen molar-refractivity contribution < 1.29 is 4.74 Å². The Morgan fingerprint density at radius 1 is 1.05 bits per heavy atom. The SMILES string of the molecule is COCc1cc(C)cc(-n2nc3ccccc3n2)c1. The minimum absolute atomic E-state index is 0.593. The second-order valence-corrected chi connectivity index (χ2v) is 4.59. The third-order valence-electron chi connectivity index (χ3n) is 2.95. The molecule has 0 radical (unpaired) electrons. The normalized spacial score (nSPS) is 11.1. The molecule has 3 rings (SSSR count). The maximum absolute atomic E-state index is 5.18. The first kappa shape index (κ1) is 11.9. The lowest BCUT2D eigenvalue weighted by molar-refractivity contribution is 0.185. The molecule has 0 unspecified atom stereocenters. The van der Waals surface area contributed by atoms with Crippen LogP contribution >= 0.6 is 0 Å². The molecule has 0 amide bonds. The number of aromatic nitrogens is 3. The highest BCUT2D eigenvalue weighted by atomic mass is 16.5. The van der Waals surface area contributed by atoms with E-state index in [-0.39, 0.29) is 0 Å². The summed E-state index contributed by atoms with van der Waals surface area (Å²) in [5, 5.41) is 8.98. The van der Waals surface area contributed by atoms with E-state index in [0.29, 0.717) is 6.61 Å². The van der Waals surface area contributed by atoms with Gasteiger partial charge in [0.25, 0.3) is 0 Å². The number of benzene rings is 2. The lowest BCUT2D eigenvalue weighted by atomic mass is 10.1. The molecule has 3 aromatic rings. The minimum Gasteiger partial charge on any atom is -0.380 e. The summed E-state index contributed by atoms with van der Waals surface area (Å²) in [4.78, 5) is 1.68. The van der Waals surface area contributed by atoms with E-state index in [9.17, 15) is 0 Å². The second-order valence-electron chi connectivity index (χ2n) is 4.59. The lowest BCUT2D eigenvalue weighted by Gasteiger charge is -2.05. The Morgan fingerprint density at radius 2 is 1.74 bits per heavy atom. The van der Waals surface area contributed by atoms with Crippen molar-refractivity contribution in [3.05, 3.63) is 53.6 Å². The molecule has 0 atom stereocenters. The average Bonchev–Trinajstić information content (AvgIpc) is 2.82. The quantitative estimate of drug-likeness (QED) is 0.720. The van der Waals surface area contributed by atoms with Gasteiger partial charge in [-0.3, -0.25) is 0 Å². The molecule has 0 aliphatic rings. The molecule has 96 valence electrons. The van der Waals surface area contributed by atoms with Crippen molar-refractivity contribution in [2.45, 2.75) is 13.5 Å². The Morgan fingerprint density at radius 3 is 2.37 bits per heavy atom. The molecule has 2 aromatic carbocycles. The summed E-state index contributed by atoms with van der Waals surface area (Å²) >= 11 is 0. The van der Waals surface area contributed by atoms with E-state index in [0.717, 1.165) is 22.3 Å². The first-order chi connectivity index (χ1) is 9.26. The molecule has 0 aliphatic carbocycles. The number of hydrogen-bond acceptors (Lipinski definition) is 3. The molecule has 1 heterocycles. The smallest absolute Gasteiger partial charge is 0.113 e. The Kier molecular flexibility index (Phi) is 3.01. The van der Waals surface area contributed by atoms with Gasteiger partial charge in [0, 0.05) is 7.11 Å². The van der Waals surface area contributed by atoms with Gasteiger partial charge in [0.05, 0.1) is 12.3 Å². The molecule has 0 N–H and O–H groups in total. The van der Waals surface area contributed by atoms with Crippen LogP contribution in [-0.4, -0.2) is 22.1 Å². The van der Waals surface area contributed by atoms with Crippen molar-refractivity contribution in [3.8, 4) is 5.69 Å². The van der Waals surface area contributed by atoms with Gasteiger partial charge in [0.2, 0.25) is 0 Å². The summed E-state index contributed by atoms with van der Waals surface area (Å²) in [5.41, 5.74) is 5.06. The standard InChI is InChI=1S/C15H15N3O/c1-11-7-12(10-19-2)9-13(8-11)18-16-14-5-3-4-6-15(14)17-18/h3-9H,10H2,1-2H3. The van der Waals surface area contributed by atoms with E-state index >= 15 is 0 Å². The largest absolute Gasteiger partial charge is 0.380 e. The van der Waals surface area contributed by atoms with Crippen LogP contribution in [0.4, 0.5) is 0 Å². The van der Waals surface area contributed by atoms with Crippen LogP contribution in [0.5, 0.6) is 0 Å². The van der Waals surface area contributed by atoms with Crippen molar-refractivity contribution in [1.82, 2.24) is 15.0 Å². The van der Waals surface area contributed by atoms with E-state index in [1.807, 2.05) is 24.3 Å². The highest BCUT2D eigenvalue weighted by molar-refractivity contribution is 5.73. The molecular formula is C15H15N3O. The number of ether oxygens (including phenoxy) is 1. The molecule has 0 bridgehead atoms. The van der Waals surface area contributed by atoms with Crippen LogP contribution in [0.1, 0.15) is 11.1 Å². The predicted molar refractivity (Wildman–Crippen MR) is 74.3 cm³/mol. The highest BCUT2D eigenvalue weighted by Crippen LogP contribution is 2.16. The van der Waals surface area contributed by atoms with E-state index in [4.69, 9.17) is 4.74 Å². The minimum atomic E-state index is 0.593. The number of hydrogen-bond donors (Lipinski definition) is 0. The van der Waals surface area contributed by atoms with Crippen molar-refractivity contribution in [1.29, 1.82) is 0 Å². The Bertz CT molecular complexity index is 685. The monoisotopic (exact) mass is 253 g/mol. The van der Waals surface area contributed by atoms with Crippen LogP contribution in [0.2, 0.25) is 0 Å². The van der Waals surface area contributed by atoms with E-state index in [1.165, 1.54) is 5.56 Å². The van der Waals surface area contributed by atoms with Gasteiger partial charge < -0.3 is 4.74 Å². The fourth-order valence-corrected chi connectivity index (χ4v) is 2.18. The number of methoxy groups -OCH3 is 1. The van der Waals surface area contributed by atoms with Gasteiger partial charge in [-0.05, 0) is 42.3 Å². The molecule has 0 saturated carbocycles. The summed E-state index contributed by atoms with van der Waals surface area (Å²) in [7, 11) is 1.70. The molecule has 4 heteroatoms. The molecule has 0 aliphatic heterocycles. The van der Waals surface area contributed by atoms with Gasteiger partial charge in [-0.25, -0.2) is 0 Å². The summed E-state index contributed by atoms with van der Waals surface area (Å²) in [6, 6.07) is 14.1. The summed E-state index contributed by atoms with van der Waals surface area (Å²) in [6.07, 6.45) is 0. The van der Waals surface area contributed by atoms with Gasteiger partial charge in [-0.15, -0.1) is 10.2 Å². The number of fused-ring (bicyclic) bond motifs is 1. The van der Waals surface area contributed by atoms with Crippen LogP contribution in [0.15, 0.2) is 42.5 Å². The Hall–Kier alpha value is -2.20. The third-order valence-corrected chi connectivity index (χ3v) is 2.95. The topological polar surface area (TPSA) is 39.9 Å². The summed E-state index contributed by atoms with van der Waals surface area (Å²) < 4.78 is 5.18. The second kappa shape index (κ2) is 4.82. The van der Waals surface area contributed by atoms with Gasteiger partial charge in [-0.2, -0.15) is 4.80 Å². The van der Waals surface area contributed by atoms with Crippen LogP contribution < -0.4 is 0 Å². The third kappa shape index (κ3) is 2.35. The van der Waals surface area contributed by atoms with E-state index < -0.39 is 0 Å². The molecule has 0 saturated heterocycles. The van der Waals surface area contributed by atoms with Crippen LogP contribution in [0.3, 0.4) is 0 Å².